The van der Waals surface area contributed by atoms with Crippen molar-refractivity contribution in [2.75, 3.05) is 6.61 Å². The summed E-state index contributed by atoms with van der Waals surface area (Å²) in [5, 5.41) is 16.9. The largest absolute Gasteiger partial charge is 0.490 e. The van der Waals surface area contributed by atoms with Crippen LogP contribution in [0.15, 0.2) is 60.7 Å². The highest BCUT2D eigenvalue weighted by Gasteiger charge is 2.41. The third-order valence-electron chi connectivity index (χ3n) is 6.07. The van der Waals surface area contributed by atoms with Gasteiger partial charge in [-0.15, -0.1) is 0 Å². The summed E-state index contributed by atoms with van der Waals surface area (Å²) >= 11 is 0. The molecule has 2 N–H and O–H groups in total. The molecule has 3 aromatic rings. The molecule has 0 aliphatic heterocycles. The molecule has 3 rings (SSSR count). The number of carboxylic acids is 1. The second-order valence-corrected chi connectivity index (χ2v) is 14.6. The fourth-order valence-electron chi connectivity index (χ4n) is 3.02. The Balaban J connectivity index is 1.54. The van der Waals surface area contributed by atoms with Crippen LogP contribution in [-0.4, -0.2) is 42.3 Å². The van der Waals surface area contributed by atoms with Gasteiger partial charge < -0.3 is 19.0 Å². The fraction of sp³-hybridized carbons (Fsp3) is 0.385. The van der Waals surface area contributed by atoms with E-state index in [1.54, 1.807) is 12.1 Å². The molecule has 0 radical (unpaired) electrons. The molecule has 0 amide bonds. The molecule has 0 bridgehead atoms. The Morgan fingerprint density at radius 2 is 1.74 bits per heavy atom. The number of aromatic amines is 1. The second kappa shape index (κ2) is 11.0. The Morgan fingerprint density at radius 1 is 1.06 bits per heavy atom. The first-order valence-electron chi connectivity index (χ1n) is 11.3. The van der Waals surface area contributed by atoms with Gasteiger partial charge >= 0.3 is 5.97 Å². The number of aliphatic carboxylic acids is 1. The third kappa shape index (κ3) is 7.03. The van der Waals surface area contributed by atoms with Crippen LogP contribution < -0.4 is 4.74 Å². The smallest absolute Gasteiger partial charge is 0.335 e. The van der Waals surface area contributed by atoms with Crippen molar-refractivity contribution in [2.24, 2.45) is 0 Å². The highest BCUT2D eigenvalue weighted by atomic mass is 28.4. The molecule has 182 valence electrons. The molecule has 2 aromatic carbocycles. The van der Waals surface area contributed by atoms with Gasteiger partial charge in [-0.2, -0.15) is 5.10 Å². The minimum atomic E-state index is -2.23. The minimum Gasteiger partial charge on any atom is -0.490 e. The van der Waals surface area contributed by atoms with Crippen LogP contribution >= 0.6 is 0 Å². The summed E-state index contributed by atoms with van der Waals surface area (Å²) in [6.45, 7) is 11.2. The van der Waals surface area contributed by atoms with E-state index in [4.69, 9.17) is 13.9 Å². The van der Waals surface area contributed by atoms with Crippen molar-refractivity contribution < 1.29 is 23.8 Å². The van der Waals surface area contributed by atoms with Crippen molar-refractivity contribution in [3.8, 4) is 17.0 Å². The van der Waals surface area contributed by atoms with E-state index < -0.39 is 20.4 Å². The van der Waals surface area contributed by atoms with Crippen molar-refractivity contribution in [1.82, 2.24) is 10.2 Å². The summed E-state index contributed by atoms with van der Waals surface area (Å²) in [6.07, 6.45) is -1.01. The third-order valence-corrected chi connectivity index (χ3v) is 10.6. The standard InChI is InChI=1S/C26H34N2O5Si/c1-26(2,3)34(4,5)33-24(25(29)30)18-32-22-13-11-20(12-14-22)23-15-21(27-28-23)17-31-16-19-9-7-6-8-10-19/h6-15,24H,16-18H2,1-5H3,(H,27,28)(H,29,30). The summed E-state index contributed by atoms with van der Waals surface area (Å²) < 4.78 is 17.5. The predicted octanol–water partition coefficient (Wildman–Crippen LogP) is 5.65. The Kier molecular flexibility index (Phi) is 8.30. The lowest BCUT2D eigenvalue weighted by Gasteiger charge is -2.38. The van der Waals surface area contributed by atoms with Gasteiger partial charge in [-0.25, -0.2) is 4.79 Å². The number of carbonyl (C=O) groups is 1. The first-order chi connectivity index (χ1) is 16.0. The van der Waals surface area contributed by atoms with E-state index in [-0.39, 0.29) is 11.6 Å². The van der Waals surface area contributed by atoms with E-state index in [9.17, 15) is 9.90 Å². The summed E-state index contributed by atoms with van der Waals surface area (Å²) in [5.74, 6) is -0.434. The van der Waals surface area contributed by atoms with E-state index in [1.807, 2.05) is 61.6 Å². The van der Waals surface area contributed by atoms with E-state index in [0.717, 1.165) is 22.5 Å². The van der Waals surface area contributed by atoms with Crippen LogP contribution in [0.4, 0.5) is 0 Å². The van der Waals surface area contributed by atoms with Gasteiger partial charge in [-0.05, 0) is 54.0 Å². The maximum absolute atomic E-state index is 11.7. The van der Waals surface area contributed by atoms with Crippen molar-refractivity contribution in [2.45, 2.75) is 58.2 Å². The monoisotopic (exact) mass is 482 g/mol. The Hall–Kier alpha value is -2.94. The van der Waals surface area contributed by atoms with Crippen LogP contribution in [0.25, 0.3) is 11.3 Å². The number of rotatable bonds is 11. The average Bonchev–Trinajstić information content (AvgIpc) is 3.25. The number of nitrogens with one attached hydrogen (secondary N) is 1. The number of nitrogens with zero attached hydrogens (tertiary/aromatic N) is 1. The summed E-state index contributed by atoms with van der Waals surface area (Å²) in [7, 11) is -2.23. The Bertz CT molecular complexity index is 1060. The quantitative estimate of drug-likeness (QED) is 0.343. The zero-order valence-corrected chi connectivity index (χ0v) is 21.5. The van der Waals surface area contributed by atoms with Gasteiger partial charge in [0.05, 0.1) is 24.6 Å². The van der Waals surface area contributed by atoms with Crippen LogP contribution in [0, 0.1) is 0 Å². The van der Waals surface area contributed by atoms with Crippen molar-refractivity contribution in [3.05, 3.63) is 71.9 Å². The van der Waals surface area contributed by atoms with Crippen LogP contribution in [0.5, 0.6) is 5.75 Å². The Labute approximate surface area is 202 Å². The van der Waals surface area contributed by atoms with Crippen LogP contribution in [0.3, 0.4) is 0 Å². The molecular formula is C26H34N2O5Si. The van der Waals surface area contributed by atoms with Gasteiger partial charge in [-0.1, -0.05) is 51.1 Å². The van der Waals surface area contributed by atoms with Crippen LogP contribution in [-0.2, 0) is 27.2 Å². The number of hydrogen-bond donors (Lipinski definition) is 2. The van der Waals surface area contributed by atoms with E-state index >= 15 is 0 Å². The van der Waals surface area contributed by atoms with Crippen molar-refractivity contribution in [3.63, 3.8) is 0 Å². The first-order valence-corrected chi connectivity index (χ1v) is 14.3. The molecule has 1 heterocycles. The molecule has 0 saturated heterocycles. The van der Waals surface area contributed by atoms with Crippen molar-refractivity contribution >= 4 is 14.3 Å². The van der Waals surface area contributed by atoms with Crippen molar-refractivity contribution in [1.29, 1.82) is 0 Å². The van der Waals surface area contributed by atoms with Gasteiger partial charge in [0, 0.05) is 5.56 Å². The predicted molar refractivity (Wildman–Crippen MR) is 134 cm³/mol. The fourth-order valence-corrected chi connectivity index (χ4v) is 4.25. The molecule has 0 aliphatic carbocycles. The molecule has 1 unspecified atom stereocenters. The van der Waals surface area contributed by atoms with Gasteiger partial charge in [0.1, 0.15) is 12.4 Å². The summed E-state index contributed by atoms with van der Waals surface area (Å²) in [6, 6.07) is 19.4. The highest BCUT2D eigenvalue weighted by molar-refractivity contribution is 6.74. The maximum atomic E-state index is 11.7. The van der Waals surface area contributed by atoms with Gasteiger partial charge in [-0.3, -0.25) is 5.10 Å². The van der Waals surface area contributed by atoms with E-state index in [2.05, 4.69) is 31.0 Å². The molecule has 7 nitrogen and oxygen atoms in total. The second-order valence-electron chi connectivity index (χ2n) is 9.80. The first kappa shape index (κ1) is 25.7. The number of ether oxygens (including phenoxy) is 2. The molecule has 0 saturated carbocycles. The zero-order chi connectivity index (χ0) is 24.8. The Morgan fingerprint density at radius 3 is 2.35 bits per heavy atom. The SMILES string of the molecule is CC(C)(C)[Si](C)(C)OC(COc1ccc(-c2cc(COCc3ccccc3)[nH]n2)cc1)C(=O)O. The van der Waals surface area contributed by atoms with E-state index in [1.165, 1.54) is 0 Å². The molecule has 0 fully saturated rings. The minimum absolute atomic E-state index is 0.0491. The molecule has 1 aromatic heterocycles. The molecule has 8 heteroatoms. The summed E-state index contributed by atoms with van der Waals surface area (Å²) in [4.78, 5) is 11.7. The number of carboxylic acid groups (broad SMARTS) is 1. The van der Waals surface area contributed by atoms with Gasteiger partial charge in [0.25, 0.3) is 0 Å². The molecule has 1 atom stereocenters. The topological polar surface area (TPSA) is 93.7 Å². The number of benzene rings is 2. The zero-order valence-electron chi connectivity index (χ0n) is 20.5. The van der Waals surface area contributed by atoms with Crippen LogP contribution in [0.2, 0.25) is 18.1 Å². The molecule has 0 spiro atoms. The van der Waals surface area contributed by atoms with E-state index in [0.29, 0.717) is 19.0 Å². The molecular weight excluding hydrogens is 448 g/mol. The summed E-state index contributed by atoms with van der Waals surface area (Å²) in [5.41, 5.74) is 3.73. The number of hydrogen-bond acceptors (Lipinski definition) is 5. The lowest BCUT2D eigenvalue weighted by molar-refractivity contribution is -0.147. The maximum Gasteiger partial charge on any atom is 0.335 e. The van der Waals surface area contributed by atoms with Gasteiger partial charge in [0.2, 0.25) is 0 Å². The highest BCUT2D eigenvalue weighted by Crippen LogP contribution is 2.37. The number of H-pyrrole nitrogens is 1. The molecule has 34 heavy (non-hydrogen) atoms. The normalized spacial score (nSPS) is 13.0. The lowest BCUT2D eigenvalue weighted by atomic mass is 10.1. The molecule has 0 aliphatic rings. The van der Waals surface area contributed by atoms with Gasteiger partial charge in [0.15, 0.2) is 14.4 Å². The average molecular weight is 483 g/mol. The van der Waals surface area contributed by atoms with Crippen LogP contribution in [0.1, 0.15) is 32.0 Å². The number of aromatic nitrogens is 2. The lowest BCUT2D eigenvalue weighted by Crippen LogP contribution is -2.47.